The molecule has 4 heteroatoms. The summed E-state index contributed by atoms with van der Waals surface area (Å²) in [5.74, 6) is -0.336. The summed E-state index contributed by atoms with van der Waals surface area (Å²) < 4.78 is 12.8. The lowest BCUT2D eigenvalue weighted by Crippen LogP contribution is -2.12. The molecule has 0 atom stereocenters. The van der Waals surface area contributed by atoms with Crippen LogP contribution in [-0.2, 0) is 11.2 Å². The van der Waals surface area contributed by atoms with Crippen LogP contribution in [0.4, 0.5) is 10.1 Å². The van der Waals surface area contributed by atoms with E-state index in [4.69, 9.17) is 0 Å². The Morgan fingerprint density at radius 3 is 2.68 bits per heavy atom. The SMILES string of the molecule is O=C(CCc1ccc(F)cc1)Nc1cccc2ncccc12. The second-order valence-electron chi connectivity index (χ2n) is 5.05. The Hall–Kier alpha value is -2.75. The molecular weight excluding hydrogens is 279 g/mol. The quantitative estimate of drug-likeness (QED) is 0.791. The summed E-state index contributed by atoms with van der Waals surface area (Å²) in [7, 11) is 0. The average molecular weight is 294 g/mol. The Morgan fingerprint density at radius 2 is 1.86 bits per heavy atom. The van der Waals surface area contributed by atoms with Gasteiger partial charge in [0.1, 0.15) is 5.82 Å². The van der Waals surface area contributed by atoms with Crippen molar-refractivity contribution in [3.05, 3.63) is 72.2 Å². The molecule has 0 saturated heterocycles. The van der Waals surface area contributed by atoms with Crippen molar-refractivity contribution in [2.45, 2.75) is 12.8 Å². The molecule has 0 radical (unpaired) electrons. The molecule has 0 saturated carbocycles. The van der Waals surface area contributed by atoms with Crippen LogP contribution in [-0.4, -0.2) is 10.9 Å². The van der Waals surface area contributed by atoms with Crippen LogP contribution in [0.5, 0.6) is 0 Å². The summed E-state index contributed by atoms with van der Waals surface area (Å²) in [4.78, 5) is 16.4. The molecule has 0 spiro atoms. The normalized spacial score (nSPS) is 10.6. The summed E-state index contributed by atoms with van der Waals surface area (Å²) in [5.41, 5.74) is 2.55. The van der Waals surface area contributed by atoms with Crippen molar-refractivity contribution in [2.24, 2.45) is 0 Å². The molecule has 3 aromatic rings. The standard InChI is InChI=1S/C18H15FN2O/c19-14-9-6-13(7-10-14)8-11-18(22)21-17-5-1-4-16-15(17)3-2-12-20-16/h1-7,9-10,12H,8,11H2,(H,21,22). The smallest absolute Gasteiger partial charge is 0.224 e. The predicted octanol–water partition coefficient (Wildman–Crippen LogP) is 3.95. The van der Waals surface area contributed by atoms with Gasteiger partial charge in [0.15, 0.2) is 0 Å². The van der Waals surface area contributed by atoms with E-state index in [9.17, 15) is 9.18 Å². The van der Waals surface area contributed by atoms with Crippen LogP contribution in [0.3, 0.4) is 0 Å². The van der Waals surface area contributed by atoms with Crippen molar-refractivity contribution in [1.29, 1.82) is 0 Å². The molecule has 0 fully saturated rings. The van der Waals surface area contributed by atoms with E-state index in [0.717, 1.165) is 22.2 Å². The van der Waals surface area contributed by atoms with Crippen molar-refractivity contribution >= 4 is 22.5 Å². The third kappa shape index (κ3) is 3.28. The van der Waals surface area contributed by atoms with Crippen LogP contribution < -0.4 is 5.32 Å². The largest absolute Gasteiger partial charge is 0.325 e. The fourth-order valence-electron chi connectivity index (χ4n) is 2.33. The van der Waals surface area contributed by atoms with Crippen LogP contribution in [0.15, 0.2) is 60.8 Å². The number of nitrogens with one attached hydrogen (secondary N) is 1. The topological polar surface area (TPSA) is 42.0 Å². The van der Waals surface area contributed by atoms with E-state index in [1.807, 2.05) is 30.3 Å². The van der Waals surface area contributed by atoms with E-state index < -0.39 is 0 Å². The van der Waals surface area contributed by atoms with E-state index in [0.29, 0.717) is 12.8 Å². The maximum atomic E-state index is 12.8. The lowest BCUT2D eigenvalue weighted by Gasteiger charge is -2.08. The number of rotatable bonds is 4. The molecule has 2 aromatic carbocycles. The van der Waals surface area contributed by atoms with Gasteiger partial charge in [0.2, 0.25) is 5.91 Å². The van der Waals surface area contributed by atoms with Gasteiger partial charge < -0.3 is 5.32 Å². The number of aromatic nitrogens is 1. The van der Waals surface area contributed by atoms with Gasteiger partial charge in [-0.2, -0.15) is 0 Å². The fraction of sp³-hybridized carbons (Fsp3) is 0.111. The number of nitrogens with zero attached hydrogens (tertiary/aromatic N) is 1. The summed E-state index contributed by atoms with van der Waals surface area (Å²) in [5, 5.41) is 3.83. The van der Waals surface area contributed by atoms with Gasteiger partial charge in [-0.1, -0.05) is 18.2 Å². The molecule has 110 valence electrons. The average Bonchev–Trinajstić information content (AvgIpc) is 2.55. The second kappa shape index (κ2) is 6.35. The third-order valence-corrected chi connectivity index (χ3v) is 3.47. The summed E-state index contributed by atoms with van der Waals surface area (Å²) in [6.45, 7) is 0. The molecule has 1 aromatic heterocycles. The first-order chi connectivity index (χ1) is 10.7. The van der Waals surface area contributed by atoms with Crippen LogP contribution in [0.25, 0.3) is 10.9 Å². The number of benzene rings is 2. The predicted molar refractivity (Wildman–Crippen MR) is 85.1 cm³/mol. The number of hydrogen-bond donors (Lipinski definition) is 1. The fourth-order valence-corrected chi connectivity index (χ4v) is 2.33. The molecule has 1 heterocycles. The molecule has 1 N–H and O–H groups in total. The summed E-state index contributed by atoms with van der Waals surface area (Å²) in [6.07, 6.45) is 2.65. The Morgan fingerprint density at radius 1 is 1.05 bits per heavy atom. The Kier molecular flexibility index (Phi) is 4.10. The maximum absolute atomic E-state index is 12.8. The van der Waals surface area contributed by atoms with Crippen molar-refractivity contribution in [1.82, 2.24) is 4.98 Å². The minimum atomic E-state index is -0.267. The van der Waals surface area contributed by atoms with Gasteiger partial charge in [0.05, 0.1) is 11.2 Å². The highest BCUT2D eigenvalue weighted by molar-refractivity contribution is 6.00. The minimum Gasteiger partial charge on any atom is -0.325 e. The summed E-state index contributed by atoms with van der Waals surface area (Å²) in [6, 6.07) is 15.6. The van der Waals surface area contributed by atoms with E-state index in [-0.39, 0.29) is 11.7 Å². The number of halogens is 1. The molecule has 1 amide bonds. The van der Waals surface area contributed by atoms with Gasteiger partial charge in [0.25, 0.3) is 0 Å². The first-order valence-electron chi connectivity index (χ1n) is 7.10. The number of anilines is 1. The zero-order valence-corrected chi connectivity index (χ0v) is 11.9. The van der Waals surface area contributed by atoms with Gasteiger partial charge in [-0.25, -0.2) is 4.39 Å². The van der Waals surface area contributed by atoms with Crippen molar-refractivity contribution in [3.8, 4) is 0 Å². The Balaban J connectivity index is 1.67. The molecular formula is C18H15FN2O. The van der Waals surface area contributed by atoms with Gasteiger partial charge in [-0.15, -0.1) is 0 Å². The molecule has 3 rings (SSSR count). The van der Waals surface area contributed by atoms with Gasteiger partial charge in [-0.05, 0) is 48.4 Å². The Bertz CT molecular complexity index is 794. The van der Waals surface area contributed by atoms with Crippen molar-refractivity contribution in [3.63, 3.8) is 0 Å². The highest BCUT2D eigenvalue weighted by atomic mass is 19.1. The molecule has 0 aliphatic carbocycles. The number of aryl methyl sites for hydroxylation is 1. The van der Waals surface area contributed by atoms with Crippen LogP contribution >= 0.6 is 0 Å². The monoisotopic (exact) mass is 294 g/mol. The highest BCUT2D eigenvalue weighted by Crippen LogP contribution is 2.21. The number of pyridine rings is 1. The van der Waals surface area contributed by atoms with E-state index in [1.54, 1.807) is 18.3 Å². The molecule has 0 aliphatic rings. The first-order valence-corrected chi connectivity index (χ1v) is 7.10. The second-order valence-corrected chi connectivity index (χ2v) is 5.05. The first kappa shape index (κ1) is 14.2. The van der Waals surface area contributed by atoms with Gasteiger partial charge in [-0.3, -0.25) is 9.78 Å². The van der Waals surface area contributed by atoms with Gasteiger partial charge in [0, 0.05) is 18.0 Å². The Labute approximate surface area is 127 Å². The summed E-state index contributed by atoms with van der Waals surface area (Å²) >= 11 is 0. The minimum absolute atomic E-state index is 0.0688. The van der Waals surface area contributed by atoms with Crippen LogP contribution in [0.2, 0.25) is 0 Å². The van der Waals surface area contributed by atoms with Crippen molar-refractivity contribution in [2.75, 3.05) is 5.32 Å². The van der Waals surface area contributed by atoms with Gasteiger partial charge >= 0.3 is 0 Å². The van der Waals surface area contributed by atoms with Crippen LogP contribution in [0, 0.1) is 5.82 Å². The number of carbonyl (C=O) groups is 1. The zero-order chi connectivity index (χ0) is 15.4. The number of hydrogen-bond acceptors (Lipinski definition) is 2. The molecule has 0 bridgehead atoms. The lowest BCUT2D eigenvalue weighted by atomic mass is 10.1. The molecule has 0 unspecified atom stereocenters. The maximum Gasteiger partial charge on any atom is 0.224 e. The van der Waals surface area contributed by atoms with E-state index in [2.05, 4.69) is 10.3 Å². The lowest BCUT2D eigenvalue weighted by molar-refractivity contribution is -0.116. The number of carbonyl (C=O) groups excluding carboxylic acids is 1. The molecule has 3 nitrogen and oxygen atoms in total. The molecule has 0 aliphatic heterocycles. The van der Waals surface area contributed by atoms with E-state index >= 15 is 0 Å². The van der Waals surface area contributed by atoms with Crippen molar-refractivity contribution < 1.29 is 9.18 Å². The third-order valence-electron chi connectivity index (χ3n) is 3.47. The molecule has 22 heavy (non-hydrogen) atoms. The van der Waals surface area contributed by atoms with E-state index in [1.165, 1.54) is 12.1 Å². The van der Waals surface area contributed by atoms with Crippen LogP contribution in [0.1, 0.15) is 12.0 Å². The number of amides is 1. The number of fused-ring (bicyclic) bond motifs is 1. The zero-order valence-electron chi connectivity index (χ0n) is 11.9. The highest BCUT2D eigenvalue weighted by Gasteiger charge is 2.06.